The third-order valence-electron chi connectivity index (χ3n) is 3.25. The van der Waals surface area contributed by atoms with Gasteiger partial charge in [-0.2, -0.15) is 0 Å². The fourth-order valence-corrected chi connectivity index (χ4v) is 2.86. The molecule has 0 fully saturated rings. The number of rotatable bonds is 5. The second-order valence-corrected chi connectivity index (χ2v) is 6.90. The van der Waals surface area contributed by atoms with Gasteiger partial charge >= 0.3 is 0 Å². The van der Waals surface area contributed by atoms with Crippen LogP contribution in [-0.4, -0.2) is 8.42 Å². The maximum absolute atomic E-state index is 11.0. The third kappa shape index (κ3) is 4.88. The van der Waals surface area contributed by atoms with Crippen molar-refractivity contribution in [3.8, 4) is 0 Å². The van der Waals surface area contributed by atoms with Crippen molar-refractivity contribution in [2.45, 2.75) is 25.6 Å². The number of primary sulfonamides is 1. The molecule has 0 aromatic heterocycles. The Bertz CT molecular complexity index is 709. The van der Waals surface area contributed by atoms with Crippen LogP contribution in [0.4, 0.5) is 5.69 Å². The zero-order valence-corrected chi connectivity index (χ0v) is 13.0. The van der Waals surface area contributed by atoms with Gasteiger partial charge in [0.05, 0.1) is 5.75 Å². The normalized spacial score (nSPS) is 12.9. The van der Waals surface area contributed by atoms with Gasteiger partial charge in [0.2, 0.25) is 10.0 Å². The number of nitrogens with one attached hydrogen (secondary N) is 1. The summed E-state index contributed by atoms with van der Waals surface area (Å²) in [5.74, 6) is -0.138. The van der Waals surface area contributed by atoms with Gasteiger partial charge in [-0.05, 0) is 37.1 Å². The van der Waals surface area contributed by atoms with Crippen LogP contribution in [0, 0.1) is 6.92 Å². The Morgan fingerprint density at radius 1 is 1.14 bits per heavy atom. The molecule has 2 rings (SSSR count). The van der Waals surface area contributed by atoms with Gasteiger partial charge in [0, 0.05) is 11.7 Å². The molecule has 0 saturated heterocycles. The van der Waals surface area contributed by atoms with Crippen molar-refractivity contribution < 1.29 is 8.42 Å². The van der Waals surface area contributed by atoms with Crippen LogP contribution < -0.4 is 10.5 Å². The molecule has 112 valence electrons. The zero-order chi connectivity index (χ0) is 15.5. The minimum atomic E-state index is -3.48. The summed E-state index contributed by atoms with van der Waals surface area (Å²) in [5.41, 5.74) is 4.07. The van der Waals surface area contributed by atoms with E-state index in [1.807, 2.05) is 18.2 Å². The maximum atomic E-state index is 11.0. The van der Waals surface area contributed by atoms with Gasteiger partial charge in [-0.25, -0.2) is 13.6 Å². The lowest BCUT2D eigenvalue weighted by atomic mass is 10.1. The van der Waals surface area contributed by atoms with Crippen molar-refractivity contribution in [2.75, 3.05) is 5.32 Å². The average Bonchev–Trinajstić information content (AvgIpc) is 2.39. The molecule has 0 aliphatic rings. The smallest absolute Gasteiger partial charge is 0.213 e. The number of hydrogen-bond donors (Lipinski definition) is 2. The molecule has 0 aliphatic heterocycles. The Labute approximate surface area is 126 Å². The first-order chi connectivity index (χ1) is 9.83. The second-order valence-electron chi connectivity index (χ2n) is 5.28. The molecule has 1 unspecified atom stereocenters. The van der Waals surface area contributed by atoms with Crippen molar-refractivity contribution in [2.24, 2.45) is 5.14 Å². The highest BCUT2D eigenvalue weighted by molar-refractivity contribution is 7.88. The molecule has 1 atom stereocenters. The number of hydrogen-bond acceptors (Lipinski definition) is 3. The highest BCUT2D eigenvalue weighted by Gasteiger charge is 2.07. The fourth-order valence-electron chi connectivity index (χ4n) is 2.20. The molecule has 0 heterocycles. The molecule has 4 nitrogen and oxygen atoms in total. The molecule has 0 saturated carbocycles. The average molecular weight is 304 g/mol. The van der Waals surface area contributed by atoms with Gasteiger partial charge < -0.3 is 5.32 Å². The molecule has 0 radical (unpaired) electrons. The number of nitrogens with two attached hydrogens (primary N) is 1. The molecule has 2 aromatic carbocycles. The Kier molecular flexibility index (Phi) is 4.65. The minimum absolute atomic E-state index is 0.138. The van der Waals surface area contributed by atoms with Gasteiger partial charge in [-0.15, -0.1) is 0 Å². The summed E-state index contributed by atoms with van der Waals surface area (Å²) in [6.07, 6.45) is 0. The van der Waals surface area contributed by atoms with E-state index in [0.29, 0.717) is 5.56 Å². The summed E-state index contributed by atoms with van der Waals surface area (Å²) < 4.78 is 22.1. The van der Waals surface area contributed by atoms with Gasteiger partial charge in [0.1, 0.15) is 0 Å². The van der Waals surface area contributed by atoms with Crippen LogP contribution in [0.25, 0.3) is 0 Å². The summed E-state index contributed by atoms with van der Waals surface area (Å²) >= 11 is 0. The Balaban J connectivity index is 2.06. The molecule has 2 aromatic rings. The predicted molar refractivity (Wildman–Crippen MR) is 86.5 cm³/mol. The van der Waals surface area contributed by atoms with Gasteiger partial charge in [0.25, 0.3) is 0 Å². The van der Waals surface area contributed by atoms with Gasteiger partial charge in [0.15, 0.2) is 0 Å². The van der Waals surface area contributed by atoms with Crippen LogP contribution in [0.3, 0.4) is 0 Å². The molecule has 5 heteroatoms. The van der Waals surface area contributed by atoms with Crippen LogP contribution in [0.5, 0.6) is 0 Å². The number of anilines is 1. The SMILES string of the molecule is Cc1cccc(C(C)Nc2ccc(CS(N)(=O)=O)cc2)c1. The highest BCUT2D eigenvalue weighted by Crippen LogP contribution is 2.20. The minimum Gasteiger partial charge on any atom is -0.379 e. The van der Waals surface area contributed by atoms with Gasteiger partial charge in [-0.3, -0.25) is 0 Å². The van der Waals surface area contributed by atoms with E-state index in [0.717, 1.165) is 5.69 Å². The largest absolute Gasteiger partial charge is 0.379 e. The van der Waals surface area contributed by atoms with Crippen molar-refractivity contribution in [3.05, 3.63) is 65.2 Å². The van der Waals surface area contributed by atoms with E-state index in [-0.39, 0.29) is 11.8 Å². The molecular formula is C16H20N2O2S. The van der Waals surface area contributed by atoms with Crippen molar-refractivity contribution in [1.82, 2.24) is 0 Å². The van der Waals surface area contributed by atoms with E-state index in [9.17, 15) is 8.42 Å². The summed E-state index contributed by atoms with van der Waals surface area (Å²) in [5, 5.41) is 8.43. The maximum Gasteiger partial charge on any atom is 0.213 e. The van der Waals surface area contributed by atoms with Crippen LogP contribution >= 0.6 is 0 Å². The van der Waals surface area contributed by atoms with E-state index in [2.05, 4.69) is 37.4 Å². The lowest BCUT2D eigenvalue weighted by molar-refractivity contribution is 0.597. The molecular weight excluding hydrogens is 284 g/mol. The van der Waals surface area contributed by atoms with Crippen molar-refractivity contribution in [1.29, 1.82) is 0 Å². The first kappa shape index (κ1) is 15.5. The van der Waals surface area contributed by atoms with Gasteiger partial charge in [-0.1, -0.05) is 42.0 Å². The van der Waals surface area contributed by atoms with Crippen LogP contribution in [0.15, 0.2) is 48.5 Å². The van der Waals surface area contributed by atoms with Crippen LogP contribution in [0.1, 0.15) is 29.7 Å². The Morgan fingerprint density at radius 3 is 2.38 bits per heavy atom. The fraction of sp³-hybridized carbons (Fsp3) is 0.250. The van der Waals surface area contributed by atoms with E-state index >= 15 is 0 Å². The van der Waals surface area contributed by atoms with E-state index in [1.54, 1.807) is 12.1 Å². The van der Waals surface area contributed by atoms with Crippen LogP contribution in [0.2, 0.25) is 0 Å². The van der Waals surface area contributed by atoms with Crippen LogP contribution in [-0.2, 0) is 15.8 Å². The van der Waals surface area contributed by atoms with E-state index < -0.39 is 10.0 Å². The lowest BCUT2D eigenvalue weighted by Crippen LogP contribution is -2.14. The summed E-state index contributed by atoms with van der Waals surface area (Å²) in [6.45, 7) is 4.16. The first-order valence-electron chi connectivity index (χ1n) is 6.76. The standard InChI is InChI=1S/C16H20N2O2S/c1-12-4-3-5-15(10-12)13(2)18-16-8-6-14(7-9-16)11-21(17,19)20/h3-10,13,18H,11H2,1-2H3,(H2,17,19,20). The zero-order valence-electron chi connectivity index (χ0n) is 12.2. The summed E-state index contributed by atoms with van der Waals surface area (Å²) in [6, 6.07) is 15.8. The Morgan fingerprint density at radius 2 is 1.81 bits per heavy atom. The third-order valence-corrected chi connectivity index (χ3v) is 3.98. The number of sulfonamides is 1. The quantitative estimate of drug-likeness (QED) is 0.892. The molecule has 0 spiro atoms. The van der Waals surface area contributed by atoms with E-state index in [4.69, 9.17) is 5.14 Å². The molecule has 0 amide bonds. The summed E-state index contributed by atoms with van der Waals surface area (Å²) in [4.78, 5) is 0. The highest BCUT2D eigenvalue weighted by atomic mass is 32.2. The van der Waals surface area contributed by atoms with E-state index in [1.165, 1.54) is 11.1 Å². The summed E-state index contributed by atoms with van der Waals surface area (Å²) in [7, 11) is -3.48. The monoisotopic (exact) mass is 304 g/mol. The van der Waals surface area contributed by atoms with Crippen molar-refractivity contribution >= 4 is 15.7 Å². The molecule has 0 bridgehead atoms. The number of aryl methyl sites for hydroxylation is 1. The van der Waals surface area contributed by atoms with Crippen molar-refractivity contribution in [3.63, 3.8) is 0 Å². The molecule has 21 heavy (non-hydrogen) atoms. The predicted octanol–water partition coefficient (Wildman–Crippen LogP) is 2.96. The second kappa shape index (κ2) is 6.28. The molecule has 3 N–H and O–H groups in total. The number of benzene rings is 2. The topological polar surface area (TPSA) is 72.2 Å². The Hall–Kier alpha value is -1.85. The first-order valence-corrected chi connectivity index (χ1v) is 8.47. The lowest BCUT2D eigenvalue weighted by Gasteiger charge is -2.16. The molecule has 0 aliphatic carbocycles.